The highest BCUT2D eigenvalue weighted by atomic mass is 33.1. The molecule has 0 spiro atoms. The molecule has 4 nitrogen and oxygen atoms in total. The molecular weight excluding hydrogens is 649 g/mol. The van der Waals surface area contributed by atoms with Crippen LogP contribution in [0.15, 0.2) is 217 Å². The lowest BCUT2D eigenvalue weighted by molar-refractivity contribution is -0.596. The summed E-state index contributed by atoms with van der Waals surface area (Å²) in [7, 11) is 3.55. The molecule has 8 rings (SSSR count). The maximum Gasteiger partial charge on any atom is 0.210 e. The molecule has 0 N–H and O–H groups in total. The third kappa shape index (κ3) is 7.27. The number of hydrogen-bond acceptors (Lipinski definition) is 2. The van der Waals surface area contributed by atoms with Crippen LogP contribution in [0.5, 0.6) is 0 Å². The van der Waals surface area contributed by atoms with E-state index in [0.29, 0.717) is 0 Å². The van der Waals surface area contributed by atoms with Crippen molar-refractivity contribution in [3.8, 4) is 45.0 Å². The SMILES string of the molecule is c1ccc(-[n+]2ccc(-c3cc[n+](-c4ccc(SSc5ccc(-[n+]6ccc(-c7cc[n+](-c8ccccc8)cc7)cc6)cc5)cc4)cc3)cc2)cc1. The first-order valence-electron chi connectivity index (χ1n) is 16.5. The lowest BCUT2D eigenvalue weighted by atomic mass is 10.1. The monoisotopic (exact) mass is 682 g/mol. The van der Waals surface area contributed by atoms with Gasteiger partial charge in [-0.1, -0.05) is 58.0 Å². The van der Waals surface area contributed by atoms with E-state index in [0.717, 1.165) is 22.7 Å². The van der Waals surface area contributed by atoms with Crippen LogP contribution in [0, 0.1) is 0 Å². The molecule has 238 valence electrons. The summed E-state index contributed by atoms with van der Waals surface area (Å²) in [5, 5.41) is 0. The van der Waals surface area contributed by atoms with E-state index >= 15 is 0 Å². The highest BCUT2D eigenvalue weighted by molar-refractivity contribution is 8.76. The summed E-state index contributed by atoms with van der Waals surface area (Å²) in [4.78, 5) is 2.44. The fourth-order valence-electron chi connectivity index (χ4n) is 5.81. The first kappa shape index (κ1) is 31.4. The Morgan fingerprint density at radius 2 is 0.480 bits per heavy atom. The van der Waals surface area contributed by atoms with Gasteiger partial charge in [0.15, 0.2) is 49.6 Å². The Hall–Kier alpha value is -5.82. The van der Waals surface area contributed by atoms with Crippen LogP contribution in [0.3, 0.4) is 0 Å². The van der Waals surface area contributed by atoms with Gasteiger partial charge in [-0.05, 0) is 46.5 Å². The number of benzene rings is 4. The lowest BCUT2D eigenvalue weighted by Crippen LogP contribution is -2.29. The normalized spacial score (nSPS) is 11.0. The van der Waals surface area contributed by atoms with E-state index in [1.165, 1.54) is 32.0 Å². The van der Waals surface area contributed by atoms with Crippen molar-refractivity contribution >= 4 is 21.6 Å². The minimum Gasteiger partial charge on any atom is -0.167 e. The fourth-order valence-corrected chi connectivity index (χ4v) is 7.74. The second-order valence-electron chi connectivity index (χ2n) is 11.8. The van der Waals surface area contributed by atoms with Crippen molar-refractivity contribution in [2.24, 2.45) is 0 Å². The van der Waals surface area contributed by atoms with E-state index < -0.39 is 0 Å². The Morgan fingerprint density at radius 3 is 0.740 bits per heavy atom. The van der Waals surface area contributed by atoms with Gasteiger partial charge in [0.25, 0.3) is 0 Å². The molecule has 0 unspecified atom stereocenters. The molecule has 4 aromatic heterocycles. The van der Waals surface area contributed by atoms with E-state index in [2.05, 4.69) is 213 Å². The average Bonchev–Trinajstić information content (AvgIpc) is 3.21. The van der Waals surface area contributed by atoms with Gasteiger partial charge in [0.2, 0.25) is 22.7 Å². The Morgan fingerprint density at radius 1 is 0.240 bits per heavy atom. The molecule has 4 aromatic carbocycles. The smallest absolute Gasteiger partial charge is 0.167 e. The van der Waals surface area contributed by atoms with Crippen molar-refractivity contribution in [2.75, 3.05) is 0 Å². The van der Waals surface area contributed by atoms with E-state index in [1.807, 2.05) is 12.1 Å². The molecule has 0 bridgehead atoms. The van der Waals surface area contributed by atoms with Crippen LogP contribution in [0.1, 0.15) is 0 Å². The number of rotatable bonds is 9. The molecule has 0 radical (unpaired) electrons. The summed E-state index contributed by atoms with van der Waals surface area (Å²) in [6, 6.07) is 55.5. The first-order valence-corrected chi connectivity index (χ1v) is 18.6. The van der Waals surface area contributed by atoms with E-state index in [1.54, 1.807) is 21.6 Å². The predicted octanol–water partition coefficient (Wildman–Crippen LogP) is 8.93. The highest BCUT2D eigenvalue weighted by Crippen LogP contribution is 2.37. The Labute approximate surface area is 300 Å². The molecule has 0 atom stereocenters. The van der Waals surface area contributed by atoms with Gasteiger partial charge in [0.05, 0.1) is 0 Å². The van der Waals surface area contributed by atoms with E-state index in [-0.39, 0.29) is 0 Å². The van der Waals surface area contributed by atoms with Crippen molar-refractivity contribution in [1.29, 1.82) is 0 Å². The summed E-state index contributed by atoms with van der Waals surface area (Å²) in [6.07, 6.45) is 16.9. The molecule has 0 saturated heterocycles. The molecule has 0 amide bonds. The predicted molar refractivity (Wildman–Crippen MR) is 202 cm³/mol. The van der Waals surface area contributed by atoms with Crippen molar-refractivity contribution < 1.29 is 18.3 Å². The van der Waals surface area contributed by atoms with Crippen LogP contribution in [-0.2, 0) is 0 Å². The summed E-state index contributed by atoms with van der Waals surface area (Å²) in [5.74, 6) is 0. The molecule has 50 heavy (non-hydrogen) atoms. The van der Waals surface area contributed by atoms with Crippen LogP contribution < -0.4 is 18.3 Å². The summed E-state index contributed by atoms with van der Waals surface area (Å²) in [5.41, 5.74) is 9.34. The van der Waals surface area contributed by atoms with Gasteiger partial charge in [-0.3, -0.25) is 0 Å². The molecule has 4 heterocycles. The van der Waals surface area contributed by atoms with Gasteiger partial charge < -0.3 is 0 Å². The van der Waals surface area contributed by atoms with E-state index in [9.17, 15) is 0 Å². The van der Waals surface area contributed by atoms with Gasteiger partial charge in [0, 0.05) is 107 Å². The molecule has 0 aliphatic heterocycles. The van der Waals surface area contributed by atoms with Crippen molar-refractivity contribution in [2.45, 2.75) is 9.79 Å². The maximum absolute atomic E-state index is 2.19. The Bertz CT molecular complexity index is 2120. The summed E-state index contributed by atoms with van der Waals surface area (Å²) in [6.45, 7) is 0. The zero-order valence-corrected chi connectivity index (χ0v) is 28.9. The van der Waals surface area contributed by atoms with Crippen molar-refractivity contribution in [3.05, 3.63) is 207 Å². The molecule has 6 heteroatoms. The second-order valence-corrected chi connectivity index (χ2v) is 14.1. The molecule has 8 aromatic rings. The quantitative estimate of drug-likeness (QED) is 0.112. The number of nitrogens with zero attached hydrogens (tertiary/aromatic N) is 4. The standard InChI is InChI=1S/C44H34N4S2/c1-3-7-39(8-4-1)45-27-19-35(20-28-45)37-23-31-47(32-24-37)41-11-15-43(16-12-41)49-50-44-17-13-42(14-18-44)48-33-25-38(26-34-48)36-21-29-46(30-22-36)40-9-5-2-6-10-40/h1-34H/q+4. The van der Waals surface area contributed by atoms with Crippen LogP contribution in [0.2, 0.25) is 0 Å². The number of pyridine rings is 4. The Balaban J connectivity index is 0.854. The van der Waals surface area contributed by atoms with Gasteiger partial charge in [-0.2, -0.15) is 18.3 Å². The number of aromatic nitrogens is 4. The fraction of sp³-hybridized carbons (Fsp3) is 0. The molecule has 0 saturated carbocycles. The number of para-hydroxylation sites is 2. The van der Waals surface area contributed by atoms with Gasteiger partial charge in [0.1, 0.15) is 0 Å². The molecular formula is C44H34N4S2+4. The van der Waals surface area contributed by atoms with Gasteiger partial charge in [-0.25, -0.2) is 0 Å². The zero-order chi connectivity index (χ0) is 33.5. The lowest BCUT2D eigenvalue weighted by Gasteiger charge is -2.04. The van der Waals surface area contributed by atoms with Crippen LogP contribution in [0.4, 0.5) is 0 Å². The number of hydrogen-bond donors (Lipinski definition) is 0. The first-order chi connectivity index (χ1) is 24.7. The van der Waals surface area contributed by atoms with Gasteiger partial charge in [-0.15, -0.1) is 0 Å². The van der Waals surface area contributed by atoms with Crippen LogP contribution >= 0.6 is 21.6 Å². The highest BCUT2D eigenvalue weighted by Gasteiger charge is 2.12. The minimum absolute atomic E-state index is 1.14. The molecule has 0 fully saturated rings. The second kappa shape index (κ2) is 14.7. The Kier molecular flexibility index (Phi) is 9.27. The van der Waals surface area contributed by atoms with Crippen molar-refractivity contribution in [3.63, 3.8) is 0 Å². The zero-order valence-electron chi connectivity index (χ0n) is 27.2. The van der Waals surface area contributed by atoms with Gasteiger partial charge >= 0.3 is 0 Å². The molecule has 0 aliphatic rings. The van der Waals surface area contributed by atoms with E-state index in [4.69, 9.17) is 0 Å². The van der Waals surface area contributed by atoms with Crippen LogP contribution in [0.25, 0.3) is 45.0 Å². The van der Waals surface area contributed by atoms with Crippen LogP contribution in [-0.4, -0.2) is 0 Å². The summed E-state index contributed by atoms with van der Waals surface area (Å²) >= 11 is 0. The summed E-state index contributed by atoms with van der Waals surface area (Å²) < 4.78 is 8.57. The average molecular weight is 683 g/mol. The third-order valence-corrected chi connectivity index (χ3v) is 11.0. The molecule has 0 aliphatic carbocycles. The van der Waals surface area contributed by atoms with Crippen molar-refractivity contribution in [1.82, 2.24) is 0 Å². The topological polar surface area (TPSA) is 15.5 Å². The third-order valence-electron chi connectivity index (χ3n) is 8.60. The largest absolute Gasteiger partial charge is 0.210 e. The maximum atomic E-state index is 2.19. The minimum atomic E-state index is 1.14.